The third kappa shape index (κ3) is 3.30. The Morgan fingerprint density at radius 2 is 1.84 bits per heavy atom. The van der Waals surface area contributed by atoms with Gasteiger partial charge in [-0.1, -0.05) is 30.8 Å². The van der Waals surface area contributed by atoms with Gasteiger partial charge in [0.15, 0.2) is 5.82 Å². The van der Waals surface area contributed by atoms with Crippen LogP contribution in [0.5, 0.6) is 5.75 Å². The Morgan fingerprint density at radius 1 is 1.06 bits per heavy atom. The Morgan fingerprint density at radius 3 is 2.62 bits per heavy atom. The largest absolute Gasteiger partial charge is 0.508 e. The second-order valence-corrected chi connectivity index (χ2v) is 7.61. The molecule has 2 aromatic carbocycles. The van der Waals surface area contributed by atoms with Gasteiger partial charge in [0.05, 0.1) is 5.39 Å². The molecular weight excluding hydrogens is 409 g/mol. The molecule has 4 aromatic rings. The van der Waals surface area contributed by atoms with Gasteiger partial charge in [0, 0.05) is 37.9 Å². The lowest BCUT2D eigenvalue weighted by Gasteiger charge is -2.35. The van der Waals surface area contributed by atoms with Crippen LogP contribution in [-0.2, 0) is 4.79 Å². The molecule has 32 heavy (non-hydrogen) atoms. The first-order valence-corrected chi connectivity index (χ1v) is 10.2. The van der Waals surface area contributed by atoms with E-state index in [1.165, 1.54) is 18.5 Å². The van der Waals surface area contributed by atoms with E-state index < -0.39 is 5.82 Å². The molecule has 0 spiro atoms. The molecule has 1 fully saturated rings. The van der Waals surface area contributed by atoms with Gasteiger partial charge in [-0.05, 0) is 29.0 Å². The van der Waals surface area contributed by atoms with Gasteiger partial charge in [0.25, 0.3) is 0 Å². The maximum absolute atomic E-state index is 15.7. The fraction of sp³-hybridized carbons (Fsp3) is 0.167. The van der Waals surface area contributed by atoms with Crippen LogP contribution >= 0.6 is 0 Å². The van der Waals surface area contributed by atoms with Gasteiger partial charge in [-0.3, -0.25) is 9.78 Å². The molecule has 1 amide bonds. The number of rotatable bonds is 3. The summed E-state index contributed by atoms with van der Waals surface area (Å²) in [6.45, 7) is 5.71. The van der Waals surface area contributed by atoms with Gasteiger partial charge in [-0.2, -0.15) is 0 Å². The second-order valence-electron chi connectivity index (χ2n) is 7.61. The number of fused-ring (bicyclic) bond motifs is 2. The summed E-state index contributed by atoms with van der Waals surface area (Å²) < 4.78 is 15.7. The van der Waals surface area contributed by atoms with Gasteiger partial charge < -0.3 is 14.9 Å². The number of hydrogen-bond acceptors (Lipinski definition) is 6. The summed E-state index contributed by atoms with van der Waals surface area (Å²) in [6, 6.07) is 10.6. The van der Waals surface area contributed by atoms with E-state index in [4.69, 9.17) is 0 Å². The number of phenolic OH excluding ortho intramolecular Hbond substituents is 1. The molecule has 0 aliphatic carbocycles. The number of anilines is 1. The Labute approximate surface area is 183 Å². The number of carbonyl (C=O) groups is 1. The van der Waals surface area contributed by atoms with Crippen molar-refractivity contribution in [2.24, 2.45) is 0 Å². The van der Waals surface area contributed by atoms with E-state index in [0.717, 1.165) is 10.8 Å². The number of phenols is 1. The lowest BCUT2D eigenvalue weighted by molar-refractivity contribution is -0.126. The van der Waals surface area contributed by atoms with Crippen LogP contribution < -0.4 is 4.90 Å². The lowest BCUT2D eigenvalue weighted by Crippen LogP contribution is -2.48. The minimum Gasteiger partial charge on any atom is -0.508 e. The maximum Gasteiger partial charge on any atom is 0.246 e. The molecule has 1 aliphatic rings. The second kappa shape index (κ2) is 7.88. The molecule has 2 aromatic heterocycles. The highest BCUT2D eigenvalue weighted by Crippen LogP contribution is 2.35. The van der Waals surface area contributed by atoms with Gasteiger partial charge in [-0.15, -0.1) is 0 Å². The highest BCUT2D eigenvalue weighted by Gasteiger charge is 2.24. The minimum atomic E-state index is -0.567. The summed E-state index contributed by atoms with van der Waals surface area (Å²) in [4.78, 5) is 28.5. The van der Waals surface area contributed by atoms with Crippen molar-refractivity contribution < 1.29 is 14.3 Å². The van der Waals surface area contributed by atoms with Crippen LogP contribution in [0.25, 0.3) is 32.9 Å². The molecule has 0 atom stereocenters. The van der Waals surface area contributed by atoms with Crippen molar-refractivity contribution in [2.45, 2.75) is 0 Å². The topological polar surface area (TPSA) is 82.5 Å². The van der Waals surface area contributed by atoms with Gasteiger partial charge in [0.1, 0.15) is 29.1 Å². The quantitative estimate of drug-likeness (QED) is 0.502. The van der Waals surface area contributed by atoms with Crippen molar-refractivity contribution in [1.82, 2.24) is 19.9 Å². The number of pyridine rings is 1. The van der Waals surface area contributed by atoms with Crippen molar-refractivity contribution in [2.75, 3.05) is 31.1 Å². The van der Waals surface area contributed by atoms with Crippen molar-refractivity contribution in [3.8, 4) is 17.0 Å². The van der Waals surface area contributed by atoms with Crippen molar-refractivity contribution in [3.63, 3.8) is 0 Å². The maximum atomic E-state index is 15.7. The average Bonchev–Trinajstić information content (AvgIpc) is 2.83. The molecule has 0 radical (unpaired) electrons. The summed E-state index contributed by atoms with van der Waals surface area (Å²) in [5.74, 6) is -0.0509. The molecule has 1 N–H and O–H groups in total. The molecule has 3 heterocycles. The first-order valence-electron chi connectivity index (χ1n) is 10.2. The Kier molecular flexibility index (Phi) is 4.89. The van der Waals surface area contributed by atoms with Crippen LogP contribution in [0.3, 0.4) is 0 Å². The standard InChI is InChI=1S/C24H20FN5O2/c1-2-20(32)29-7-9-30(10-8-29)24-19-13-26-22(21(25)23(19)27-14-28-24)18-12-16(31)11-15-5-3-4-6-17(15)18/h2-6,11-14,31H,1,7-10H2. The van der Waals surface area contributed by atoms with Gasteiger partial charge >= 0.3 is 0 Å². The van der Waals surface area contributed by atoms with E-state index in [0.29, 0.717) is 42.9 Å². The highest BCUT2D eigenvalue weighted by atomic mass is 19.1. The zero-order valence-corrected chi connectivity index (χ0v) is 17.2. The predicted octanol–water partition coefficient (Wildman–Crippen LogP) is 3.52. The summed E-state index contributed by atoms with van der Waals surface area (Å²) in [5, 5.41) is 12.2. The van der Waals surface area contributed by atoms with Crippen LogP contribution in [0.2, 0.25) is 0 Å². The molecule has 1 saturated heterocycles. The van der Waals surface area contributed by atoms with Crippen LogP contribution in [0, 0.1) is 5.82 Å². The Bertz CT molecular complexity index is 1370. The number of hydrogen-bond donors (Lipinski definition) is 1. The third-order valence-electron chi connectivity index (χ3n) is 5.77. The first-order chi connectivity index (χ1) is 15.6. The van der Waals surface area contributed by atoms with Crippen LogP contribution in [-0.4, -0.2) is 57.0 Å². The molecule has 0 saturated carbocycles. The SMILES string of the molecule is C=CC(=O)N1CCN(c2ncnc3c(F)c(-c4cc(O)cc5ccccc45)ncc23)CC1. The molecule has 0 unspecified atom stereocenters. The number of nitrogens with zero attached hydrogens (tertiary/aromatic N) is 5. The molecule has 1 aliphatic heterocycles. The zero-order chi connectivity index (χ0) is 22.2. The number of benzene rings is 2. The number of aromatic hydroxyl groups is 1. The average molecular weight is 429 g/mol. The Balaban J connectivity index is 1.57. The monoisotopic (exact) mass is 429 g/mol. The number of carbonyl (C=O) groups excluding carboxylic acids is 1. The van der Waals surface area contributed by atoms with E-state index in [1.54, 1.807) is 17.2 Å². The van der Waals surface area contributed by atoms with Crippen LogP contribution in [0.15, 0.2) is 61.6 Å². The highest BCUT2D eigenvalue weighted by molar-refractivity contribution is 5.99. The Hall–Kier alpha value is -4.07. The van der Waals surface area contributed by atoms with E-state index in [9.17, 15) is 9.90 Å². The third-order valence-corrected chi connectivity index (χ3v) is 5.77. The number of aromatic nitrogens is 3. The summed E-state index contributed by atoms with van der Waals surface area (Å²) in [5.41, 5.74) is 0.782. The summed E-state index contributed by atoms with van der Waals surface area (Å²) in [6.07, 6.45) is 4.22. The fourth-order valence-corrected chi connectivity index (χ4v) is 4.18. The van der Waals surface area contributed by atoms with Crippen LogP contribution in [0.1, 0.15) is 0 Å². The van der Waals surface area contributed by atoms with Gasteiger partial charge in [-0.25, -0.2) is 14.4 Å². The summed E-state index contributed by atoms with van der Waals surface area (Å²) >= 11 is 0. The van der Waals surface area contributed by atoms with Crippen molar-refractivity contribution in [1.29, 1.82) is 0 Å². The molecule has 0 bridgehead atoms. The van der Waals surface area contributed by atoms with E-state index in [1.807, 2.05) is 29.2 Å². The number of piperazine rings is 1. The van der Waals surface area contributed by atoms with E-state index in [2.05, 4.69) is 21.5 Å². The first kappa shape index (κ1) is 19.9. The number of amides is 1. The van der Waals surface area contributed by atoms with Crippen LogP contribution in [0.4, 0.5) is 10.2 Å². The molecular formula is C24H20FN5O2. The summed E-state index contributed by atoms with van der Waals surface area (Å²) in [7, 11) is 0. The van der Waals surface area contributed by atoms with E-state index >= 15 is 4.39 Å². The smallest absolute Gasteiger partial charge is 0.246 e. The molecule has 160 valence electrons. The van der Waals surface area contributed by atoms with Crippen molar-refractivity contribution >= 4 is 33.4 Å². The predicted molar refractivity (Wildman–Crippen MR) is 121 cm³/mol. The molecule has 5 rings (SSSR count). The fourth-order valence-electron chi connectivity index (χ4n) is 4.18. The minimum absolute atomic E-state index is 0.0373. The molecule has 8 heteroatoms. The van der Waals surface area contributed by atoms with Crippen molar-refractivity contribution in [3.05, 3.63) is 67.4 Å². The van der Waals surface area contributed by atoms with E-state index in [-0.39, 0.29) is 22.9 Å². The number of halogens is 1. The molecule has 7 nitrogen and oxygen atoms in total. The zero-order valence-electron chi connectivity index (χ0n) is 17.2. The van der Waals surface area contributed by atoms with Gasteiger partial charge in [0.2, 0.25) is 5.91 Å². The lowest BCUT2D eigenvalue weighted by atomic mass is 10.0. The normalized spacial score (nSPS) is 14.2.